The summed E-state index contributed by atoms with van der Waals surface area (Å²) in [5, 5.41) is 0. The zero-order valence-corrected chi connectivity index (χ0v) is 11.4. The molecular weight excluding hydrogens is 282 g/mol. The summed E-state index contributed by atoms with van der Waals surface area (Å²) in [5.74, 6) is 0.946. The zero-order valence-electron chi connectivity index (χ0n) is 9.83. The van der Waals surface area contributed by atoms with Crippen molar-refractivity contribution in [3.63, 3.8) is 0 Å². The number of rotatable bonds is 2. The van der Waals surface area contributed by atoms with Crippen molar-refractivity contribution in [1.82, 2.24) is 0 Å². The summed E-state index contributed by atoms with van der Waals surface area (Å²) < 4.78 is 11.9. The van der Waals surface area contributed by atoms with E-state index in [9.17, 15) is 0 Å². The minimum atomic E-state index is 0.148. The molecule has 3 nitrogen and oxygen atoms in total. The molecule has 0 aromatic heterocycles. The maximum absolute atomic E-state index is 6.12. The van der Waals surface area contributed by atoms with Crippen LogP contribution >= 0.6 is 15.9 Å². The topological polar surface area (TPSA) is 44.5 Å². The van der Waals surface area contributed by atoms with Crippen LogP contribution in [-0.4, -0.2) is 12.8 Å². The Hall–Kier alpha value is -0.580. The minimum Gasteiger partial charge on any atom is -0.467 e. The van der Waals surface area contributed by atoms with Crippen LogP contribution in [0.25, 0.3) is 0 Å². The van der Waals surface area contributed by atoms with Gasteiger partial charge in [-0.15, -0.1) is 0 Å². The van der Waals surface area contributed by atoms with Gasteiger partial charge in [0, 0.05) is 21.5 Å². The second kappa shape index (κ2) is 3.97. The lowest BCUT2D eigenvalue weighted by Gasteiger charge is -2.25. The van der Waals surface area contributed by atoms with Gasteiger partial charge in [-0.3, -0.25) is 0 Å². The molecule has 0 spiro atoms. The van der Waals surface area contributed by atoms with Crippen LogP contribution in [0.15, 0.2) is 16.6 Å². The first-order valence-electron chi connectivity index (χ1n) is 5.92. The minimum absolute atomic E-state index is 0.148. The maximum Gasteiger partial charge on any atom is 0.189 e. The SMILES string of the molecule is CC(N)C1(c2cc3c(cc2Br)COCO3)CC1. The van der Waals surface area contributed by atoms with Gasteiger partial charge in [-0.1, -0.05) is 15.9 Å². The summed E-state index contributed by atoms with van der Waals surface area (Å²) in [4.78, 5) is 0. The van der Waals surface area contributed by atoms with Crippen LogP contribution < -0.4 is 10.5 Å². The van der Waals surface area contributed by atoms with Crippen LogP contribution in [0.4, 0.5) is 0 Å². The molecule has 1 fully saturated rings. The fourth-order valence-corrected chi connectivity index (χ4v) is 3.37. The predicted octanol–water partition coefficient (Wildman–Crippen LogP) is 2.69. The molecule has 1 aromatic carbocycles. The van der Waals surface area contributed by atoms with E-state index in [1.54, 1.807) is 0 Å². The largest absolute Gasteiger partial charge is 0.467 e. The molecule has 1 aliphatic carbocycles. The van der Waals surface area contributed by atoms with Gasteiger partial charge < -0.3 is 15.2 Å². The van der Waals surface area contributed by atoms with Crippen molar-refractivity contribution in [2.45, 2.75) is 37.8 Å². The first-order chi connectivity index (χ1) is 8.13. The second-order valence-corrected chi connectivity index (χ2v) is 5.85. The van der Waals surface area contributed by atoms with Crippen molar-refractivity contribution < 1.29 is 9.47 Å². The third kappa shape index (κ3) is 1.79. The number of hydrogen-bond donors (Lipinski definition) is 1. The predicted molar refractivity (Wildman–Crippen MR) is 69.0 cm³/mol. The van der Waals surface area contributed by atoms with E-state index < -0.39 is 0 Å². The summed E-state index contributed by atoms with van der Waals surface area (Å²) in [7, 11) is 0. The van der Waals surface area contributed by atoms with Crippen LogP contribution in [0.5, 0.6) is 5.75 Å². The van der Waals surface area contributed by atoms with Crippen molar-refractivity contribution in [2.75, 3.05) is 6.79 Å². The van der Waals surface area contributed by atoms with Crippen LogP contribution in [0.3, 0.4) is 0 Å². The van der Waals surface area contributed by atoms with E-state index in [2.05, 4.69) is 35.0 Å². The fourth-order valence-electron chi connectivity index (χ4n) is 2.58. The second-order valence-electron chi connectivity index (χ2n) is 5.00. The van der Waals surface area contributed by atoms with E-state index in [1.165, 1.54) is 18.4 Å². The molecule has 0 radical (unpaired) electrons. The molecular formula is C13H16BrNO2. The normalized spacial score (nSPS) is 22.5. The van der Waals surface area contributed by atoms with Crippen molar-refractivity contribution in [3.05, 3.63) is 27.7 Å². The molecule has 1 unspecified atom stereocenters. The quantitative estimate of drug-likeness (QED) is 0.913. The number of nitrogens with two attached hydrogens (primary N) is 1. The molecule has 2 N–H and O–H groups in total. The van der Waals surface area contributed by atoms with Crippen LogP contribution in [0.2, 0.25) is 0 Å². The number of hydrogen-bond acceptors (Lipinski definition) is 3. The molecule has 92 valence electrons. The van der Waals surface area contributed by atoms with Crippen molar-refractivity contribution in [1.29, 1.82) is 0 Å². The highest BCUT2D eigenvalue weighted by Gasteiger charge is 2.48. The van der Waals surface area contributed by atoms with E-state index in [4.69, 9.17) is 15.2 Å². The van der Waals surface area contributed by atoms with E-state index in [0.717, 1.165) is 15.8 Å². The molecule has 0 saturated heterocycles. The average Bonchev–Trinajstić information content (AvgIpc) is 3.09. The summed E-state index contributed by atoms with van der Waals surface area (Å²) in [6, 6.07) is 4.42. The molecule has 2 aliphatic rings. The third-order valence-electron chi connectivity index (χ3n) is 3.90. The van der Waals surface area contributed by atoms with Gasteiger partial charge in [0.1, 0.15) is 5.75 Å². The van der Waals surface area contributed by atoms with Crippen LogP contribution in [0, 0.1) is 0 Å². The van der Waals surface area contributed by atoms with Gasteiger partial charge in [-0.25, -0.2) is 0 Å². The Morgan fingerprint density at radius 2 is 2.18 bits per heavy atom. The van der Waals surface area contributed by atoms with E-state index in [0.29, 0.717) is 13.4 Å². The van der Waals surface area contributed by atoms with Gasteiger partial charge in [0.25, 0.3) is 0 Å². The Labute approximate surface area is 109 Å². The molecule has 3 rings (SSSR count). The standard InChI is InChI=1S/C13H16BrNO2/c1-8(15)13(2-3-13)10-5-12-9(4-11(10)14)6-16-7-17-12/h4-5,8H,2-3,6-7,15H2,1H3. The highest BCUT2D eigenvalue weighted by Crippen LogP contribution is 2.53. The summed E-state index contributed by atoms with van der Waals surface area (Å²) in [6.45, 7) is 3.06. The Morgan fingerprint density at radius 3 is 2.82 bits per heavy atom. The summed E-state index contributed by atoms with van der Waals surface area (Å²) >= 11 is 3.65. The van der Waals surface area contributed by atoms with Gasteiger partial charge in [-0.2, -0.15) is 0 Å². The van der Waals surface area contributed by atoms with Gasteiger partial charge in [-0.05, 0) is 37.5 Å². The average molecular weight is 298 g/mol. The lowest BCUT2D eigenvalue weighted by atomic mass is 9.88. The maximum atomic E-state index is 6.12. The molecule has 1 atom stereocenters. The van der Waals surface area contributed by atoms with Crippen molar-refractivity contribution in [2.24, 2.45) is 5.73 Å². The number of halogens is 1. The first-order valence-corrected chi connectivity index (χ1v) is 6.72. The fraction of sp³-hybridized carbons (Fsp3) is 0.538. The number of ether oxygens (including phenoxy) is 2. The number of fused-ring (bicyclic) bond motifs is 1. The highest BCUT2D eigenvalue weighted by molar-refractivity contribution is 9.10. The molecule has 1 heterocycles. The summed E-state index contributed by atoms with van der Waals surface area (Å²) in [6.07, 6.45) is 2.33. The Morgan fingerprint density at radius 1 is 1.41 bits per heavy atom. The monoisotopic (exact) mass is 297 g/mol. The third-order valence-corrected chi connectivity index (χ3v) is 4.56. The first kappa shape index (κ1) is 11.5. The highest BCUT2D eigenvalue weighted by atomic mass is 79.9. The molecule has 1 aliphatic heterocycles. The Bertz CT molecular complexity index is 455. The summed E-state index contributed by atoms with van der Waals surface area (Å²) in [5.41, 5.74) is 8.66. The molecule has 1 saturated carbocycles. The van der Waals surface area contributed by atoms with E-state index >= 15 is 0 Å². The molecule has 0 bridgehead atoms. The zero-order chi connectivity index (χ0) is 12.0. The lowest BCUT2D eigenvalue weighted by Crippen LogP contribution is -2.32. The van der Waals surface area contributed by atoms with E-state index in [1.807, 2.05) is 0 Å². The van der Waals surface area contributed by atoms with Gasteiger partial charge in [0.15, 0.2) is 6.79 Å². The van der Waals surface area contributed by atoms with Gasteiger partial charge in [0.2, 0.25) is 0 Å². The van der Waals surface area contributed by atoms with Crippen LogP contribution in [0.1, 0.15) is 30.9 Å². The molecule has 1 aromatic rings. The van der Waals surface area contributed by atoms with Crippen LogP contribution in [-0.2, 0) is 16.8 Å². The van der Waals surface area contributed by atoms with Gasteiger partial charge in [0.05, 0.1) is 6.61 Å². The number of benzene rings is 1. The smallest absolute Gasteiger partial charge is 0.189 e. The van der Waals surface area contributed by atoms with Crippen molar-refractivity contribution >= 4 is 15.9 Å². The molecule has 4 heteroatoms. The molecule has 0 amide bonds. The Kier molecular flexibility index (Phi) is 2.69. The van der Waals surface area contributed by atoms with Crippen molar-refractivity contribution in [3.8, 4) is 5.75 Å². The molecule has 17 heavy (non-hydrogen) atoms. The Balaban J connectivity index is 2.06. The van der Waals surface area contributed by atoms with Gasteiger partial charge >= 0.3 is 0 Å². The lowest BCUT2D eigenvalue weighted by molar-refractivity contribution is -0.0165. The van der Waals surface area contributed by atoms with E-state index in [-0.39, 0.29) is 11.5 Å².